The summed E-state index contributed by atoms with van der Waals surface area (Å²) >= 11 is 0. The Bertz CT molecular complexity index is 547. The highest BCUT2D eigenvalue weighted by molar-refractivity contribution is 5.96. The van der Waals surface area contributed by atoms with E-state index in [4.69, 9.17) is 5.11 Å². The molecule has 0 fully saturated rings. The molecule has 7 heteroatoms. The quantitative estimate of drug-likeness (QED) is 0.863. The van der Waals surface area contributed by atoms with Crippen LogP contribution in [-0.2, 0) is 0 Å². The van der Waals surface area contributed by atoms with Crippen molar-refractivity contribution in [3.8, 4) is 11.8 Å². The number of hydrogen-bond acceptors (Lipinski definition) is 3. The van der Waals surface area contributed by atoms with Gasteiger partial charge in [-0.15, -0.1) is 0 Å². The van der Waals surface area contributed by atoms with E-state index in [9.17, 15) is 18.0 Å². The first-order valence-corrected chi connectivity index (χ1v) is 6.21. The second-order valence-corrected chi connectivity index (χ2v) is 4.29. The van der Waals surface area contributed by atoms with Crippen LogP contribution in [0.3, 0.4) is 0 Å². The first-order chi connectivity index (χ1) is 9.85. The highest BCUT2D eigenvalue weighted by Gasteiger charge is 2.28. The van der Waals surface area contributed by atoms with Crippen LogP contribution in [0.15, 0.2) is 18.5 Å². The molecule has 1 aromatic rings. The number of carbonyl (C=O) groups is 1. The number of pyridine rings is 1. The molecule has 0 radical (unpaired) electrons. The number of halogens is 3. The molecule has 0 atom stereocenters. The minimum Gasteiger partial charge on any atom is -0.395 e. The number of rotatable bonds is 4. The number of aromatic nitrogens is 1. The third-order valence-electron chi connectivity index (χ3n) is 2.59. The van der Waals surface area contributed by atoms with Crippen molar-refractivity contribution in [3.63, 3.8) is 0 Å². The molecule has 0 bridgehead atoms. The van der Waals surface area contributed by atoms with Crippen LogP contribution in [0.5, 0.6) is 0 Å². The average Bonchev–Trinajstić information content (AvgIpc) is 2.44. The second kappa shape index (κ2) is 7.64. The van der Waals surface area contributed by atoms with Crippen LogP contribution in [0.1, 0.15) is 28.8 Å². The van der Waals surface area contributed by atoms with Gasteiger partial charge in [0.05, 0.1) is 24.2 Å². The van der Waals surface area contributed by atoms with Gasteiger partial charge >= 0.3 is 6.18 Å². The van der Waals surface area contributed by atoms with Gasteiger partial charge in [0.15, 0.2) is 0 Å². The first-order valence-electron chi connectivity index (χ1n) is 6.21. The fourth-order valence-electron chi connectivity index (χ4n) is 1.50. The van der Waals surface area contributed by atoms with Crippen molar-refractivity contribution in [1.29, 1.82) is 0 Å². The Morgan fingerprint density at radius 2 is 2.19 bits per heavy atom. The van der Waals surface area contributed by atoms with Crippen LogP contribution in [0.2, 0.25) is 0 Å². The highest BCUT2D eigenvalue weighted by atomic mass is 19.4. The summed E-state index contributed by atoms with van der Waals surface area (Å²) in [5.74, 6) is 4.78. The Morgan fingerprint density at radius 1 is 1.48 bits per heavy atom. The standard InChI is InChI=1S/C14H15F3N2O2/c1-19(8-6-14(15,16)17)13(21)12-5-7-18-10-11(12)4-2-3-9-20/h5,7,10,20H,3,6,8-9H2,1H3. The van der Waals surface area contributed by atoms with Crippen molar-refractivity contribution in [2.75, 3.05) is 20.2 Å². The molecule has 0 aliphatic heterocycles. The van der Waals surface area contributed by atoms with E-state index in [2.05, 4.69) is 16.8 Å². The molecule has 0 aliphatic carbocycles. The minimum absolute atomic E-state index is 0.109. The summed E-state index contributed by atoms with van der Waals surface area (Å²) < 4.78 is 36.5. The third kappa shape index (κ3) is 5.83. The van der Waals surface area contributed by atoms with Crippen LogP contribution in [0, 0.1) is 11.8 Å². The van der Waals surface area contributed by atoms with Gasteiger partial charge in [0, 0.05) is 32.4 Å². The monoisotopic (exact) mass is 300 g/mol. The maximum Gasteiger partial charge on any atom is 0.390 e. The van der Waals surface area contributed by atoms with Crippen molar-refractivity contribution >= 4 is 5.91 Å². The molecular weight excluding hydrogens is 285 g/mol. The van der Waals surface area contributed by atoms with E-state index in [1.54, 1.807) is 0 Å². The lowest BCUT2D eigenvalue weighted by Gasteiger charge is -2.18. The van der Waals surface area contributed by atoms with E-state index >= 15 is 0 Å². The molecule has 1 amide bonds. The van der Waals surface area contributed by atoms with Crippen LogP contribution >= 0.6 is 0 Å². The van der Waals surface area contributed by atoms with Crippen LogP contribution in [-0.4, -0.2) is 47.3 Å². The van der Waals surface area contributed by atoms with Gasteiger partial charge in [0.1, 0.15) is 0 Å². The number of nitrogens with zero attached hydrogens (tertiary/aromatic N) is 2. The SMILES string of the molecule is CN(CCC(F)(F)F)C(=O)c1ccncc1C#CCCO. The fraction of sp³-hybridized carbons (Fsp3) is 0.429. The van der Waals surface area contributed by atoms with E-state index < -0.39 is 25.0 Å². The summed E-state index contributed by atoms with van der Waals surface area (Å²) in [4.78, 5) is 17.0. The van der Waals surface area contributed by atoms with Crippen molar-refractivity contribution in [2.45, 2.75) is 19.0 Å². The Labute approximate surface area is 120 Å². The summed E-state index contributed by atoms with van der Waals surface area (Å²) in [7, 11) is 1.30. The van der Waals surface area contributed by atoms with E-state index in [-0.39, 0.29) is 18.6 Å². The lowest BCUT2D eigenvalue weighted by Crippen LogP contribution is -2.31. The lowest BCUT2D eigenvalue weighted by molar-refractivity contribution is -0.136. The second-order valence-electron chi connectivity index (χ2n) is 4.29. The number of aliphatic hydroxyl groups is 1. The predicted molar refractivity (Wildman–Crippen MR) is 70.5 cm³/mol. The normalized spacial score (nSPS) is 10.7. The first kappa shape index (κ1) is 17.0. The molecule has 4 nitrogen and oxygen atoms in total. The molecule has 1 heterocycles. The van der Waals surface area contributed by atoms with Crippen LogP contribution in [0.25, 0.3) is 0 Å². The van der Waals surface area contributed by atoms with E-state index in [1.165, 1.54) is 25.5 Å². The molecule has 1 N–H and O–H groups in total. The van der Waals surface area contributed by atoms with E-state index in [0.29, 0.717) is 5.56 Å². The van der Waals surface area contributed by atoms with E-state index in [0.717, 1.165) is 4.90 Å². The van der Waals surface area contributed by atoms with Gasteiger partial charge in [0.25, 0.3) is 5.91 Å². The zero-order chi connectivity index (χ0) is 15.9. The highest BCUT2D eigenvalue weighted by Crippen LogP contribution is 2.20. The van der Waals surface area contributed by atoms with Gasteiger partial charge < -0.3 is 10.0 Å². The molecule has 0 aromatic carbocycles. The Morgan fingerprint density at radius 3 is 2.81 bits per heavy atom. The molecule has 1 aromatic heterocycles. The summed E-state index contributed by atoms with van der Waals surface area (Å²) in [6.45, 7) is -0.532. The maximum atomic E-state index is 12.2. The average molecular weight is 300 g/mol. The van der Waals surface area contributed by atoms with Gasteiger partial charge in [-0.3, -0.25) is 9.78 Å². The molecule has 0 aliphatic rings. The van der Waals surface area contributed by atoms with E-state index in [1.807, 2.05) is 0 Å². The topological polar surface area (TPSA) is 53.4 Å². The molecular formula is C14H15F3N2O2. The zero-order valence-electron chi connectivity index (χ0n) is 11.4. The van der Waals surface area contributed by atoms with Crippen LogP contribution < -0.4 is 0 Å². The number of amides is 1. The lowest BCUT2D eigenvalue weighted by atomic mass is 10.1. The maximum absolute atomic E-state index is 12.2. The van der Waals surface area contributed by atoms with Gasteiger partial charge in [0.2, 0.25) is 0 Å². The Balaban J connectivity index is 2.85. The van der Waals surface area contributed by atoms with Crippen molar-refractivity contribution in [2.24, 2.45) is 0 Å². The zero-order valence-corrected chi connectivity index (χ0v) is 11.4. The summed E-state index contributed by atoms with van der Waals surface area (Å²) in [6.07, 6.45) is -2.38. The molecule has 0 spiro atoms. The van der Waals surface area contributed by atoms with Crippen LogP contribution in [0.4, 0.5) is 13.2 Å². The predicted octanol–water partition coefficient (Wildman–Crippen LogP) is 1.84. The van der Waals surface area contributed by atoms with Gasteiger partial charge in [-0.2, -0.15) is 13.2 Å². The van der Waals surface area contributed by atoms with Crippen molar-refractivity contribution in [1.82, 2.24) is 9.88 Å². The Kier molecular flexibility index (Phi) is 6.18. The largest absolute Gasteiger partial charge is 0.395 e. The smallest absolute Gasteiger partial charge is 0.390 e. The van der Waals surface area contributed by atoms with Crippen molar-refractivity contribution in [3.05, 3.63) is 29.6 Å². The molecule has 1 rings (SSSR count). The summed E-state index contributed by atoms with van der Waals surface area (Å²) in [5, 5.41) is 8.66. The number of carbonyl (C=O) groups excluding carboxylic acids is 1. The fourth-order valence-corrected chi connectivity index (χ4v) is 1.50. The Hall–Kier alpha value is -2.07. The summed E-state index contributed by atoms with van der Waals surface area (Å²) in [5.41, 5.74) is 0.523. The minimum atomic E-state index is -4.31. The molecule has 0 unspecified atom stereocenters. The summed E-state index contributed by atoms with van der Waals surface area (Å²) in [6, 6.07) is 1.41. The molecule has 114 valence electrons. The number of alkyl halides is 3. The molecule has 0 saturated carbocycles. The van der Waals surface area contributed by atoms with Crippen molar-refractivity contribution < 1.29 is 23.1 Å². The molecule has 0 saturated heterocycles. The van der Waals surface area contributed by atoms with Gasteiger partial charge in [-0.05, 0) is 6.07 Å². The molecule has 21 heavy (non-hydrogen) atoms. The van der Waals surface area contributed by atoms with Gasteiger partial charge in [-0.25, -0.2) is 0 Å². The third-order valence-corrected chi connectivity index (χ3v) is 2.59. The number of hydrogen-bond donors (Lipinski definition) is 1. The number of aliphatic hydroxyl groups excluding tert-OH is 1. The van der Waals surface area contributed by atoms with Gasteiger partial charge in [-0.1, -0.05) is 11.8 Å².